The second-order valence-corrected chi connectivity index (χ2v) is 4.91. The normalized spacial score (nSPS) is 35.8. The molecule has 6 atom stereocenters. The summed E-state index contributed by atoms with van der Waals surface area (Å²) in [6.07, 6.45) is -7.48. The molecule has 0 aromatic heterocycles. The Balaban J connectivity index is 3.07. The smallest absolute Gasteiger partial charge is 0.364 e. The number of carbonyl (C=O) groups is 2. The lowest BCUT2D eigenvalue weighted by molar-refractivity contribution is -0.295. The van der Waals surface area contributed by atoms with Crippen molar-refractivity contribution in [2.24, 2.45) is 0 Å². The van der Waals surface area contributed by atoms with Crippen molar-refractivity contribution in [1.29, 1.82) is 0 Å². The van der Waals surface area contributed by atoms with Gasteiger partial charge in [-0.15, -0.1) is 0 Å². The van der Waals surface area contributed by atoms with Crippen LogP contribution < -0.4 is 5.32 Å². The molecule has 0 spiro atoms. The number of aliphatic hydroxyl groups excluding tert-OH is 4. The molecule has 1 fully saturated rings. The van der Waals surface area contributed by atoms with Gasteiger partial charge < -0.3 is 40.7 Å². The van der Waals surface area contributed by atoms with Gasteiger partial charge in [0.25, 0.3) is 5.79 Å². The lowest BCUT2D eigenvalue weighted by Crippen LogP contribution is -2.67. The van der Waals surface area contributed by atoms with E-state index in [4.69, 9.17) is 14.9 Å². The number of carboxylic acids is 1. The van der Waals surface area contributed by atoms with E-state index in [-0.39, 0.29) is 0 Å². The average Bonchev–Trinajstić information content (AvgIpc) is 2.39. The Morgan fingerprint density at radius 2 is 2.00 bits per heavy atom. The van der Waals surface area contributed by atoms with E-state index in [2.05, 4.69) is 5.32 Å². The van der Waals surface area contributed by atoms with Crippen LogP contribution in [0.5, 0.6) is 0 Å². The van der Waals surface area contributed by atoms with Gasteiger partial charge in [-0.3, -0.25) is 4.79 Å². The first-order chi connectivity index (χ1) is 9.62. The minimum atomic E-state index is -2.78. The highest BCUT2D eigenvalue weighted by molar-refractivity contribution is 5.76. The number of aliphatic carboxylic acids is 1. The maximum atomic E-state index is 11.1. The van der Waals surface area contributed by atoms with Crippen molar-refractivity contribution in [2.75, 3.05) is 6.61 Å². The molecule has 1 saturated heterocycles. The zero-order valence-corrected chi connectivity index (χ0v) is 11.2. The molecule has 21 heavy (non-hydrogen) atoms. The topological polar surface area (TPSA) is 177 Å². The van der Waals surface area contributed by atoms with Crippen LogP contribution in [0.25, 0.3) is 0 Å². The number of nitrogens with one attached hydrogen (secondary N) is 1. The molecular formula is C11H19NO9. The van der Waals surface area contributed by atoms with Crippen LogP contribution in [0.1, 0.15) is 13.3 Å². The van der Waals surface area contributed by atoms with Gasteiger partial charge in [0.05, 0.1) is 18.8 Å². The number of hydrogen-bond donors (Lipinski definition) is 7. The van der Waals surface area contributed by atoms with Crippen LogP contribution in [0.2, 0.25) is 0 Å². The van der Waals surface area contributed by atoms with Crippen molar-refractivity contribution in [1.82, 2.24) is 5.32 Å². The number of ether oxygens (including phenoxy) is 1. The first-order valence-corrected chi connectivity index (χ1v) is 6.18. The van der Waals surface area contributed by atoms with E-state index in [1.807, 2.05) is 0 Å². The molecule has 1 aliphatic rings. The molecule has 10 heteroatoms. The van der Waals surface area contributed by atoms with Crippen molar-refractivity contribution in [2.45, 2.75) is 49.6 Å². The van der Waals surface area contributed by atoms with Crippen LogP contribution in [-0.4, -0.2) is 85.4 Å². The lowest BCUT2D eigenvalue weighted by Gasteiger charge is -2.44. The van der Waals surface area contributed by atoms with E-state index in [0.717, 1.165) is 6.92 Å². The molecule has 0 aromatic rings. The summed E-state index contributed by atoms with van der Waals surface area (Å²) < 4.78 is 4.86. The molecule has 0 radical (unpaired) electrons. The third-order valence-corrected chi connectivity index (χ3v) is 3.21. The minimum Gasteiger partial charge on any atom is -0.477 e. The van der Waals surface area contributed by atoms with Crippen LogP contribution in [0.3, 0.4) is 0 Å². The summed E-state index contributed by atoms with van der Waals surface area (Å²) in [5, 5.41) is 59.0. The van der Waals surface area contributed by atoms with Gasteiger partial charge in [-0.25, -0.2) is 4.79 Å². The molecule has 1 amide bonds. The molecular weight excluding hydrogens is 290 g/mol. The van der Waals surface area contributed by atoms with Gasteiger partial charge in [-0.2, -0.15) is 0 Å². The summed E-state index contributed by atoms with van der Waals surface area (Å²) in [6.45, 7) is 0.256. The van der Waals surface area contributed by atoms with Crippen LogP contribution in [0.4, 0.5) is 0 Å². The lowest BCUT2D eigenvalue weighted by atomic mass is 9.88. The maximum absolute atomic E-state index is 11.1. The van der Waals surface area contributed by atoms with Gasteiger partial charge in [-0.1, -0.05) is 0 Å². The number of carbonyl (C=O) groups excluding carboxylic acids is 1. The quantitative estimate of drug-likeness (QED) is 0.268. The fourth-order valence-electron chi connectivity index (χ4n) is 2.14. The standard InChI is InChI=1S/C11H19NO9/c1-4(14)12-7-5(15)2-11(20,10(18)19)21-9(7)8(17)6(16)3-13/h5-9,13,15-17,20H,2-3H2,1H3,(H,12,14)(H,18,19)/t5-,6-,7-,8-,9?,11-/m1/s1. The van der Waals surface area contributed by atoms with Gasteiger partial charge in [0.2, 0.25) is 5.91 Å². The number of rotatable bonds is 5. The maximum Gasteiger partial charge on any atom is 0.364 e. The van der Waals surface area contributed by atoms with Crippen molar-refractivity contribution in [3.63, 3.8) is 0 Å². The number of carboxylic acid groups (broad SMARTS) is 1. The fraction of sp³-hybridized carbons (Fsp3) is 0.818. The first-order valence-electron chi connectivity index (χ1n) is 6.18. The third-order valence-electron chi connectivity index (χ3n) is 3.21. The molecule has 0 aromatic carbocycles. The molecule has 0 bridgehead atoms. The van der Waals surface area contributed by atoms with Gasteiger partial charge in [0, 0.05) is 13.3 Å². The Kier molecular flexibility index (Phi) is 5.61. The molecule has 1 aliphatic heterocycles. The van der Waals surface area contributed by atoms with Crippen molar-refractivity contribution in [3.8, 4) is 0 Å². The molecule has 122 valence electrons. The highest BCUT2D eigenvalue weighted by Gasteiger charge is 2.53. The summed E-state index contributed by atoms with van der Waals surface area (Å²) in [4.78, 5) is 22.1. The fourth-order valence-corrected chi connectivity index (χ4v) is 2.14. The Morgan fingerprint density at radius 1 is 1.43 bits per heavy atom. The zero-order valence-electron chi connectivity index (χ0n) is 11.2. The van der Waals surface area contributed by atoms with Gasteiger partial charge in [0.15, 0.2) is 0 Å². The number of hydrogen-bond acceptors (Lipinski definition) is 8. The zero-order chi connectivity index (χ0) is 16.4. The average molecular weight is 309 g/mol. The van der Waals surface area contributed by atoms with Gasteiger partial charge in [0.1, 0.15) is 18.3 Å². The molecule has 7 N–H and O–H groups in total. The highest BCUT2D eigenvalue weighted by atomic mass is 16.7. The van der Waals surface area contributed by atoms with Gasteiger partial charge >= 0.3 is 5.97 Å². The van der Waals surface area contributed by atoms with Crippen LogP contribution in [0, 0.1) is 0 Å². The van der Waals surface area contributed by atoms with E-state index in [9.17, 15) is 30.0 Å². The van der Waals surface area contributed by atoms with E-state index in [1.54, 1.807) is 0 Å². The predicted octanol–water partition coefficient (Wildman–Crippen LogP) is -3.87. The predicted molar refractivity (Wildman–Crippen MR) is 64.8 cm³/mol. The highest BCUT2D eigenvalue weighted by Crippen LogP contribution is 2.30. The number of amides is 1. The second-order valence-electron chi connectivity index (χ2n) is 4.91. The molecule has 1 rings (SSSR count). The Labute approximate surface area is 119 Å². The van der Waals surface area contributed by atoms with Crippen LogP contribution in [-0.2, 0) is 14.3 Å². The Bertz CT molecular complexity index is 403. The Hall–Kier alpha value is -1.30. The van der Waals surface area contributed by atoms with Crippen molar-refractivity contribution in [3.05, 3.63) is 0 Å². The molecule has 0 aliphatic carbocycles. The summed E-state index contributed by atoms with van der Waals surface area (Å²) in [7, 11) is 0. The van der Waals surface area contributed by atoms with Crippen molar-refractivity contribution >= 4 is 11.9 Å². The van der Waals surface area contributed by atoms with E-state index in [1.165, 1.54) is 0 Å². The second kappa shape index (κ2) is 6.64. The summed E-state index contributed by atoms with van der Waals surface area (Å²) in [6, 6.07) is -1.27. The SMILES string of the molecule is CC(=O)N[C@H]1C([C@H](O)[C@H](O)CO)O[C@@](O)(C(=O)O)C[C@H]1O. The molecule has 1 unspecified atom stereocenters. The molecule has 1 heterocycles. The summed E-state index contributed by atoms with van der Waals surface area (Å²) in [5.74, 6) is -5.17. The van der Waals surface area contributed by atoms with E-state index >= 15 is 0 Å². The Morgan fingerprint density at radius 3 is 2.43 bits per heavy atom. The van der Waals surface area contributed by atoms with Crippen LogP contribution in [0.15, 0.2) is 0 Å². The largest absolute Gasteiger partial charge is 0.477 e. The summed E-state index contributed by atoms with van der Waals surface area (Å²) >= 11 is 0. The van der Waals surface area contributed by atoms with Crippen molar-refractivity contribution < 1.29 is 45.0 Å². The van der Waals surface area contributed by atoms with Crippen LogP contribution >= 0.6 is 0 Å². The monoisotopic (exact) mass is 309 g/mol. The number of aliphatic hydroxyl groups is 5. The molecule has 0 saturated carbocycles. The molecule has 10 nitrogen and oxygen atoms in total. The first kappa shape index (κ1) is 17.8. The van der Waals surface area contributed by atoms with Gasteiger partial charge in [-0.05, 0) is 0 Å². The van der Waals surface area contributed by atoms with E-state index in [0.29, 0.717) is 0 Å². The third kappa shape index (κ3) is 3.87. The summed E-state index contributed by atoms with van der Waals surface area (Å²) in [5.41, 5.74) is 0. The van der Waals surface area contributed by atoms with E-state index < -0.39 is 61.1 Å². The minimum absolute atomic E-state index is 0.598.